The fourth-order valence-electron chi connectivity index (χ4n) is 2.89. The summed E-state index contributed by atoms with van der Waals surface area (Å²) < 4.78 is 5.04. The zero-order valence-electron chi connectivity index (χ0n) is 13.6. The monoisotopic (exact) mass is 364 g/mol. The van der Waals surface area contributed by atoms with Crippen molar-refractivity contribution in [1.82, 2.24) is 38.7 Å². The second-order valence-corrected chi connectivity index (χ2v) is 6.62. The Balaban J connectivity index is 1.60. The van der Waals surface area contributed by atoms with Crippen molar-refractivity contribution in [3.05, 3.63) is 58.9 Å². The first-order valence-electron chi connectivity index (χ1n) is 7.84. The van der Waals surface area contributed by atoms with Crippen molar-refractivity contribution >= 4 is 34.2 Å². The van der Waals surface area contributed by atoms with Crippen molar-refractivity contribution in [1.29, 1.82) is 0 Å². The van der Waals surface area contributed by atoms with E-state index in [4.69, 9.17) is 0 Å². The van der Waals surface area contributed by atoms with Crippen molar-refractivity contribution < 1.29 is 0 Å². The Kier molecular flexibility index (Phi) is 3.25. The molecular formula is C16H12N8OS. The summed E-state index contributed by atoms with van der Waals surface area (Å²) in [7, 11) is 1.70. The molecule has 9 nitrogen and oxygen atoms in total. The SMILES string of the molecule is Cn1c(=O)c2ccccc2n2c(CSc3nc4ncccn4n3)nnc12. The summed E-state index contributed by atoms with van der Waals surface area (Å²) in [5.41, 5.74) is 0.698. The molecule has 0 saturated carbocycles. The molecule has 128 valence electrons. The van der Waals surface area contributed by atoms with Crippen LogP contribution in [0.25, 0.3) is 22.5 Å². The van der Waals surface area contributed by atoms with Gasteiger partial charge in [0.25, 0.3) is 11.3 Å². The lowest BCUT2D eigenvalue weighted by atomic mass is 10.2. The first kappa shape index (κ1) is 15.0. The van der Waals surface area contributed by atoms with Crippen molar-refractivity contribution in [2.24, 2.45) is 7.05 Å². The Bertz CT molecular complexity index is 1300. The van der Waals surface area contributed by atoms with Crippen LogP contribution in [0.3, 0.4) is 0 Å². The van der Waals surface area contributed by atoms with Gasteiger partial charge in [-0.15, -0.1) is 15.3 Å². The van der Waals surface area contributed by atoms with E-state index in [2.05, 4.69) is 25.3 Å². The van der Waals surface area contributed by atoms with Crippen LogP contribution in [0.4, 0.5) is 0 Å². The van der Waals surface area contributed by atoms with Crippen LogP contribution in [0, 0.1) is 0 Å². The average Bonchev–Trinajstić information content (AvgIpc) is 3.28. The number of thioether (sulfide) groups is 1. The Labute approximate surface area is 150 Å². The molecule has 0 aliphatic heterocycles. The quantitative estimate of drug-likeness (QED) is 0.445. The van der Waals surface area contributed by atoms with Gasteiger partial charge in [0.15, 0.2) is 0 Å². The van der Waals surface area contributed by atoms with Gasteiger partial charge in [-0.3, -0.25) is 13.8 Å². The van der Waals surface area contributed by atoms with Gasteiger partial charge in [0, 0.05) is 19.4 Å². The minimum Gasteiger partial charge on any atom is -0.279 e. The summed E-state index contributed by atoms with van der Waals surface area (Å²) >= 11 is 1.44. The Hall–Kier alpha value is -3.27. The normalized spacial score (nSPS) is 11.7. The molecule has 0 saturated heterocycles. The maximum absolute atomic E-state index is 12.5. The molecule has 5 aromatic rings. The second kappa shape index (κ2) is 5.63. The number of rotatable bonds is 3. The molecule has 0 amide bonds. The molecule has 10 heteroatoms. The van der Waals surface area contributed by atoms with Crippen molar-refractivity contribution in [3.63, 3.8) is 0 Å². The summed E-state index contributed by atoms with van der Waals surface area (Å²) in [5, 5.41) is 14.1. The van der Waals surface area contributed by atoms with E-state index in [1.165, 1.54) is 16.3 Å². The molecule has 4 heterocycles. The second-order valence-electron chi connectivity index (χ2n) is 5.68. The summed E-state index contributed by atoms with van der Waals surface area (Å²) in [6.45, 7) is 0. The molecule has 26 heavy (non-hydrogen) atoms. The van der Waals surface area contributed by atoms with Gasteiger partial charge in [0.2, 0.25) is 10.9 Å². The van der Waals surface area contributed by atoms with Gasteiger partial charge in [0.05, 0.1) is 16.7 Å². The number of aryl methyl sites for hydroxylation is 1. The Morgan fingerprint density at radius 3 is 2.92 bits per heavy atom. The number of fused-ring (bicyclic) bond motifs is 4. The van der Waals surface area contributed by atoms with E-state index in [0.717, 1.165) is 11.3 Å². The summed E-state index contributed by atoms with van der Waals surface area (Å²) in [6, 6.07) is 9.25. The van der Waals surface area contributed by atoms with Crippen molar-refractivity contribution in [2.45, 2.75) is 10.9 Å². The van der Waals surface area contributed by atoms with Gasteiger partial charge in [-0.2, -0.15) is 4.98 Å². The summed E-state index contributed by atoms with van der Waals surface area (Å²) in [4.78, 5) is 21.0. The fourth-order valence-corrected chi connectivity index (χ4v) is 3.63. The third-order valence-electron chi connectivity index (χ3n) is 4.12. The molecule has 0 aliphatic rings. The topological polar surface area (TPSA) is 95.3 Å². The van der Waals surface area contributed by atoms with E-state index in [-0.39, 0.29) is 5.56 Å². The standard InChI is InChI=1S/C16H12N8OS/c1-22-13(25)10-5-2-3-6-11(10)24-12(19-20-16(22)24)9-26-15-18-14-17-7-4-8-23(14)21-15/h2-8H,9H2,1H3. The van der Waals surface area contributed by atoms with Crippen LogP contribution in [-0.2, 0) is 12.8 Å². The number of benzene rings is 1. The minimum absolute atomic E-state index is 0.0900. The highest BCUT2D eigenvalue weighted by molar-refractivity contribution is 7.98. The van der Waals surface area contributed by atoms with E-state index >= 15 is 0 Å². The van der Waals surface area contributed by atoms with Gasteiger partial charge in [-0.1, -0.05) is 23.9 Å². The van der Waals surface area contributed by atoms with Crippen LogP contribution in [0.5, 0.6) is 0 Å². The zero-order chi connectivity index (χ0) is 17.7. The predicted molar refractivity (Wildman–Crippen MR) is 96.1 cm³/mol. The minimum atomic E-state index is -0.0900. The van der Waals surface area contributed by atoms with Gasteiger partial charge >= 0.3 is 0 Å². The average molecular weight is 364 g/mol. The van der Waals surface area contributed by atoms with Gasteiger partial charge in [0.1, 0.15) is 5.82 Å². The van der Waals surface area contributed by atoms with Gasteiger partial charge in [-0.25, -0.2) is 9.50 Å². The van der Waals surface area contributed by atoms with Crippen LogP contribution in [0.1, 0.15) is 5.82 Å². The third-order valence-corrected chi connectivity index (χ3v) is 4.95. The molecule has 0 aliphatic carbocycles. The van der Waals surface area contributed by atoms with Crippen LogP contribution < -0.4 is 5.56 Å². The molecule has 0 fully saturated rings. The van der Waals surface area contributed by atoms with Crippen LogP contribution in [-0.4, -0.2) is 38.7 Å². The molecule has 0 atom stereocenters. The number of hydrogen-bond donors (Lipinski definition) is 0. The zero-order valence-corrected chi connectivity index (χ0v) is 14.5. The maximum Gasteiger partial charge on any atom is 0.262 e. The number of aromatic nitrogens is 8. The van der Waals surface area contributed by atoms with Crippen LogP contribution in [0.15, 0.2) is 52.7 Å². The maximum atomic E-state index is 12.5. The molecule has 1 aromatic carbocycles. The predicted octanol–water partition coefficient (Wildman–Crippen LogP) is 1.31. The molecule has 0 unspecified atom stereocenters. The van der Waals surface area contributed by atoms with E-state index in [1.54, 1.807) is 30.0 Å². The highest BCUT2D eigenvalue weighted by atomic mass is 32.2. The number of nitrogens with zero attached hydrogens (tertiary/aromatic N) is 8. The van der Waals surface area contributed by atoms with E-state index in [9.17, 15) is 4.79 Å². The molecule has 0 spiro atoms. The van der Waals surface area contributed by atoms with Gasteiger partial charge in [-0.05, 0) is 18.2 Å². The highest BCUT2D eigenvalue weighted by Gasteiger charge is 2.15. The lowest BCUT2D eigenvalue weighted by Gasteiger charge is -2.07. The molecule has 0 radical (unpaired) electrons. The molecular weight excluding hydrogens is 352 g/mol. The molecule has 0 N–H and O–H groups in total. The lowest BCUT2D eigenvalue weighted by molar-refractivity contribution is 0.857. The number of hydrogen-bond acceptors (Lipinski definition) is 7. The summed E-state index contributed by atoms with van der Waals surface area (Å²) in [6.07, 6.45) is 3.48. The number of para-hydroxylation sites is 1. The smallest absolute Gasteiger partial charge is 0.262 e. The van der Waals surface area contributed by atoms with Crippen LogP contribution in [0.2, 0.25) is 0 Å². The highest BCUT2D eigenvalue weighted by Crippen LogP contribution is 2.21. The molecule has 4 aromatic heterocycles. The van der Waals surface area contributed by atoms with E-state index in [1.807, 2.05) is 28.7 Å². The first-order chi connectivity index (χ1) is 12.7. The molecule has 5 rings (SSSR count). The van der Waals surface area contributed by atoms with E-state index < -0.39 is 0 Å². The largest absolute Gasteiger partial charge is 0.279 e. The lowest BCUT2D eigenvalue weighted by Crippen LogP contribution is -2.20. The Morgan fingerprint density at radius 2 is 2.04 bits per heavy atom. The van der Waals surface area contributed by atoms with Crippen molar-refractivity contribution in [3.8, 4) is 0 Å². The van der Waals surface area contributed by atoms with Crippen LogP contribution >= 0.6 is 11.8 Å². The van der Waals surface area contributed by atoms with Crippen molar-refractivity contribution in [2.75, 3.05) is 0 Å². The summed E-state index contributed by atoms with van der Waals surface area (Å²) in [5.74, 6) is 2.30. The Morgan fingerprint density at radius 1 is 1.15 bits per heavy atom. The van der Waals surface area contributed by atoms with E-state index in [0.29, 0.717) is 27.9 Å². The first-order valence-corrected chi connectivity index (χ1v) is 8.83. The molecule has 0 bridgehead atoms. The van der Waals surface area contributed by atoms with Gasteiger partial charge < -0.3 is 0 Å². The third kappa shape index (κ3) is 2.19. The fraction of sp³-hybridized carbons (Fsp3) is 0.125.